The Kier molecular flexibility index (Phi) is 5.25. The maximum absolute atomic E-state index is 12.1. The average molecular weight is 402 g/mol. The van der Waals surface area contributed by atoms with Crippen LogP contribution in [0.1, 0.15) is 27.9 Å². The number of primary amides is 1. The number of hydrogen-bond acceptors (Lipinski definition) is 3. The maximum Gasteiger partial charge on any atom is 0.332 e. The van der Waals surface area contributed by atoms with E-state index in [2.05, 4.69) is 16.7 Å². The van der Waals surface area contributed by atoms with Gasteiger partial charge in [-0.1, -0.05) is 42.5 Å². The van der Waals surface area contributed by atoms with Crippen LogP contribution in [0.25, 0.3) is 21.8 Å². The Hall–Kier alpha value is -3.64. The summed E-state index contributed by atoms with van der Waals surface area (Å²) in [4.78, 5) is 23.0. The number of aliphatic hydroxyl groups is 1. The first-order valence-corrected chi connectivity index (χ1v) is 9.74. The summed E-state index contributed by atoms with van der Waals surface area (Å²) in [6, 6.07) is 21.4. The largest absolute Gasteiger partial charge is 0.479 e. The molecule has 0 spiro atoms. The molecule has 1 aromatic heterocycles. The second kappa shape index (κ2) is 8.00. The number of carbonyl (C=O) groups excluding carboxylic acids is 1. The number of amides is 1. The van der Waals surface area contributed by atoms with Crippen molar-refractivity contribution in [2.45, 2.75) is 25.5 Å². The number of aromatic nitrogens is 1. The summed E-state index contributed by atoms with van der Waals surface area (Å²) in [6.07, 6.45) is -0.874. The SMILES string of the molecule is NC(=O)c1cccc2c1c1cc(CCC(O)C(=O)O)ccc1n2Cc1ccccc1. The summed E-state index contributed by atoms with van der Waals surface area (Å²) in [5.41, 5.74) is 10.0. The number of rotatable bonds is 7. The average Bonchev–Trinajstić information content (AvgIpc) is 3.05. The van der Waals surface area contributed by atoms with Crippen LogP contribution in [0.4, 0.5) is 0 Å². The smallest absolute Gasteiger partial charge is 0.332 e. The van der Waals surface area contributed by atoms with Gasteiger partial charge in [0.1, 0.15) is 0 Å². The third-order valence-electron chi connectivity index (χ3n) is 5.39. The van der Waals surface area contributed by atoms with Gasteiger partial charge in [-0.2, -0.15) is 0 Å². The number of aryl methyl sites for hydroxylation is 1. The lowest BCUT2D eigenvalue weighted by Crippen LogP contribution is -2.19. The van der Waals surface area contributed by atoms with Gasteiger partial charge in [-0.3, -0.25) is 4.79 Å². The van der Waals surface area contributed by atoms with Crippen molar-refractivity contribution in [2.75, 3.05) is 0 Å². The predicted molar refractivity (Wildman–Crippen MR) is 115 cm³/mol. The van der Waals surface area contributed by atoms with Crippen LogP contribution in [0.15, 0.2) is 66.7 Å². The molecule has 0 aliphatic rings. The monoisotopic (exact) mass is 402 g/mol. The zero-order chi connectivity index (χ0) is 21.3. The van der Waals surface area contributed by atoms with Crippen LogP contribution < -0.4 is 5.73 Å². The van der Waals surface area contributed by atoms with Crippen molar-refractivity contribution in [2.24, 2.45) is 5.73 Å². The first-order valence-electron chi connectivity index (χ1n) is 9.74. The van der Waals surface area contributed by atoms with Gasteiger partial charge in [0.05, 0.1) is 5.52 Å². The van der Waals surface area contributed by atoms with E-state index in [1.165, 1.54) is 0 Å². The third-order valence-corrected chi connectivity index (χ3v) is 5.39. The van der Waals surface area contributed by atoms with E-state index in [0.29, 0.717) is 18.5 Å². The van der Waals surface area contributed by atoms with E-state index in [0.717, 1.165) is 32.9 Å². The molecule has 0 saturated heterocycles. The molecule has 0 aliphatic carbocycles. The number of carboxylic acids is 1. The number of nitrogens with two attached hydrogens (primary N) is 1. The maximum atomic E-state index is 12.1. The molecule has 0 radical (unpaired) electrons. The van der Waals surface area contributed by atoms with Gasteiger partial charge < -0.3 is 20.5 Å². The second-order valence-corrected chi connectivity index (χ2v) is 7.38. The van der Waals surface area contributed by atoms with Crippen LogP contribution >= 0.6 is 0 Å². The van der Waals surface area contributed by atoms with Crippen LogP contribution in [0.3, 0.4) is 0 Å². The summed E-state index contributed by atoms with van der Waals surface area (Å²) < 4.78 is 2.16. The highest BCUT2D eigenvalue weighted by atomic mass is 16.4. The zero-order valence-electron chi connectivity index (χ0n) is 16.3. The van der Waals surface area contributed by atoms with Gasteiger partial charge >= 0.3 is 5.97 Å². The Balaban J connectivity index is 1.87. The number of aliphatic carboxylic acids is 1. The van der Waals surface area contributed by atoms with E-state index < -0.39 is 18.0 Å². The van der Waals surface area contributed by atoms with E-state index in [4.69, 9.17) is 10.8 Å². The Morgan fingerprint density at radius 1 is 0.933 bits per heavy atom. The molecular formula is C24H22N2O4. The molecule has 1 unspecified atom stereocenters. The van der Waals surface area contributed by atoms with Crippen LogP contribution in [0, 0.1) is 0 Å². The van der Waals surface area contributed by atoms with Crippen LogP contribution in [-0.4, -0.2) is 32.8 Å². The van der Waals surface area contributed by atoms with Crippen molar-refractivity contribution < 1.29 is 19.8 Å². The first kappa shape index (κ1) is 19.7. The van der Waals surface area contributed by atoms with Gasteiger partial charge in [0.25, 0.3) is 0 Å². The van der Waals surface area contributed by atoms with Gasteiger partial charge in [-0.05, 0) is 48.2 Å². The molecule has 0 aliphatic heterocycles. The van der Waals surface area contributed by atoms with Crippen molar-refractivity contribution in [1.29, 1.82) is 0 Å². The normalized spacial score (nSPS) is 12.3. The summed E-state index contributed by atoms with van der Waals surface area (Å²) >= 11 is 0. The molecule has 4 N–H and O–H groups in total. The fourth-order valence-electron chi connectivity index (χ4n) is 3.92. The lowest BCUT2D eigenvalue weighted by molar-refractivity contribution is -0.146. The van der Waals surface area contributed by atoms with Gasteiger partial charge in [-0.15, -0.1) is 0 Å². The second-order valence-electron chi connectivity index (χ2n) is 7.38. The van der Waals surface area contributed by atoms with Crippen molar-refractivity contribution in [3.63, 3.8) is 0 Å². The Morgan fingerprint density at radius 2 is 1.70 bits per heavy atom. The van der Waals surface area contributed by atoms with Crippen LogP contribution in [-0.2, 0) is 17.8 Å². The number of nitrogens with zero attached hydrogens (tertiary/aromatic N) is 1. The Labute approximate surface area is 173 Å². The van der Waals surface area contributed by atoms with Gasteiger partial charge in [-0.25, -0.2) is 4.79 Å². The summed E-state index contributed by atoms with van der Waals surface area (Å²) in [5, 5.41) is 20.2. The highest BCUT2D eigenvalue weighted by molar-refractivity contribution is 6.18. The van der Waals surface area contributed by atoms with E-state index in [-0.39, 0.29) is 6.42 Å². The van der Waals surface area contributed by atoms with Gasteiger partial charge in [0.2, 0.25) is 5.91 Å². The molecule has 0 bridgehead atoms. The molecule has 30 heavy (non-hydrogen) atoms. The molecule has 1 heterocycles. The molecule has 0 fully saturated rings. The molecular weight excluding hydrogens is 380 g/mol. The fraction of sp³-hybridized carbons (Fsp3) is 0.167. The molecule has 6 nitrogen and oxygen atoms in total. The number of fused-ring (bicyclic) bond motifs is 3. The topological polar surface area (TPSA) is 106 Å². The summed E-state index contributed by atoms with van der Waals surface area (Å²) in [5.74, 6) is -1.72. The molecule has 3 aromatic carbocycles. The van der Waals surface area contributed by atoms with E-state index in [9.17, 15) is 14.7 Å². The Morgan fingerprint density at radius 3 is 2.40 bits per heavy atom. The van der Waals surface area contributed by atoms with E-state index in [1.54, 1.807) is 6.07 Å². The van der Waals surface area contributed by atoms with Crippen molar-refractivity contribution in [1.82, 2.24) is 4.57 Å². The lowest BCUT2D eigenvalue weighted by atomic mass is 10.0. The summed E-state index contributed by atoms with van der Waals surface area (Å²) in [7, 11) is 0. The molecule has 0 saturated carbocycles. The predicted octanol–water partition coefficient (Wildman–Crippen LogP) is 3.32. The number of carboxylic acid groups (broad SMARTS) is 1. The van der Waals surface area contributed by atoms with E-state index in [1.807, 2.05) is 48.5 Å². The van der Waals surface area contributed by atoms with Crippen molar-refractivity contribution in [3.8, 4) is 0 Å². The number of hydrogen-bond donors (Lipinski definition) is 3. The van der Waals surface area contributed by atoms with Crippen molar-refractivity contribution >= 4 is 33.7 Å². The minimum atomic E-state index is -1.40. The fourth-order valence-corrected chi connectivity index (χ4v) is 3.92. The number of benzene rings is 3. The minimum Gasteiger partial charge on any atom is -0.479 e. The molecule has 1 atom stereocenters. The van der Waals surface area contributed by atoms with Gasteiger partial charge in [0.15, 0.2) is 6.10 Å². The standard InChI is InChI=1S/C24H22N2O4/c25-23(28)17-7-4-8-20-22(17)18-13-15(10-12-21(27)24(29)30)9-11-19(18)26(20)14-16-5-2-1-3-6-16/h1-9,11,13,21,27H,10,12,14H2,(H2,25,28)(H,29,30). The van der Waals surface area contributed by atoms with E-state index >= 15 is 0 Å². The van der Waals surface area contributed by atoms with Crippen LogP contribution in [0.5, 0.6) is 0 Å². The summed E-state index contributed by atoms with van der Waals surface area (Å²) in [6.45, 7) is 0.639. The molecule has 4 rings (SSSR count). The molecule has 6 heteroatoms. The zero-order valence-corrected chi connectivity index (χ0v) is 16.3. The number of carbonyl (C=O) groups is 2. The van der Waals surface area contributed by atoms with Crippen LogP contribution in [0.2, 0.25) is 0 Å². The molecule has 4 aromatic rings. The third kappa shape index (κ3) is 3.65. The first-order chi connectivity index (χ1) is 14.5. The minimum absolute atomic E-state index is 0.117. The lowest BCUT2D eigenvalue weighted by Gasteiger charge is -2.09. The quantitative estimate of drug-likeness (QED) is 0.441. The molecule has 1 amide bonds. The highest BCUT2D eigenvalue weighted by Gasteiger charge is 2.18. The molecule has 152 valence electrons. The Bertz CT molecular complexity index is 1240. The number of aliphatic hydroxyl groups excluding tert-OH is 1. The van der Waals surface area contributed by atoms with Gasteiger partial charge in [0, 0.05) is 28.4 Å². The van der Waals surface area contributed by atoms with Crippen molar-refractivity contribution in [3.05, 3.63) is 83.4 Å². The highest BCUT2D eigenvalue weighted by Crippen LogP contribution is 2.33.